The molecule has 166 valence electrons. The van der Waals surface area contributed by atoms with Crippen molar-refractivity contribution in [3.05, 3.63) is 84.4 Å². The van der Waals surface area contributed by atoms with Gasteiger partial charge in [-0.3, -0.25) is 14.3 Å². The zero-order chi connectivity index (χ0) is 23.1. The summed E-state index contributed by atoms with van der Waals surface area (Å²) in [6.07, 6.45) is 0. The maximum absolute atomic E-state index is 12.8. The Labute approximate surface area is 184 Å². The third-order valence-electron chi connectivity index (χ3n) is 4.36. The Morgan fingerprint density at radius 3 is 2.19 bits per heavy atom. The first-order chi connectivity index (χ1) is 15.3. The smallest absolute Gasteiger partial charge is 0.262 e. The summed E-state index contributed by atoms with van der Waals surface area (Å²) in [6.45, 7) is -0.651. The maximum Gasteiger partial charge on any atom is 0.262 e. The number of aliphatic hydroxyl groups excluding tert-OH is 1. The molecule has 1 atom stereocenters. The number of nitrogens with one attached hydrogen (secondary N) is 2. The first kappa shape index (κ1) is 22.8. The number of para-hydroxylation sites is 3. The van der Waals surface area contributed by atoms with E-state index in [0.717, 1.165) is 0 Å². The molecule has 3 rings (SSSR count). The Bertz CT molecular complexity index is 1200. The quantitative estimate of drug-likeness (QED) is 0.387. The number of benzene rings is 3. The third-order valence-corrected chi connectivity index (χ3v) is 5.74. The summed E-state index contributed by atoms with van der Waals surface area (Å²) < 4.78 is 33.9. The fourth-order valence-corrected chi connectivity index (χ4v) is 3.76. The minimum absolute atomic E-state index is 0.0860. The third kappa shape index (κ3) is 5.62. The Morgan fingerprint density at radius 2 is 1.56 bits per heavy atom. The Balaban J connectivity index is 1.77. The van der Waals surface area contributed by atoms with Crippen molar-refractivity contribution in [2.24, 2.45) is 5.73 Å². The van der Waals surface area contributed by atoms with Crippen LogP contribution in [-0.4, -0.2) is 38.0 Å². The summed E-state index contributed by atoms with van der Waals surface area (Å²) in [5.41, 5.74) is 5.41. The standard InChI is InChI=1S/C22H21N3O6S/c23-21(27)19(14-26)24-22(28)15-10-12-17(13-11-15)32(29,30)25-18-8-4-5-9-20(18)31-16-6-2-1-3-7-16/h1-13,19,25-26H,14H2,(H2,23,27)(H,24,28)/t19-/m0/s1. The highest BCUT2D eigenvalue weighted by Crippen LogP contribution is 2.30. The van der Waals surface area contributed by atoms with E-state index in [4.69, 9.17) is 15.6 Å². The van der Waals surface area contributed by atoms with Crippen LogP contribution >= 0.6 is 0 Å². The van der Waals surface area contributed by atoms with Crippen LogP contribution in [-0.2, 0) is 14.8 Å². The molecule has 0 heterocycles. The number of ether oxygens (including phenoxy) is 1. The highest BCUT2D eigenvalue weighted by Gasteiger charge is 2.20. The lowest BCUT2D eigenvalue weighted by Crippen LogP contribution is -2.46. The first-order valence-electron chi connectivity index (χ1n) is 9.46. The molecule has 0 radical (unpaired) electrons. The number of carbonyl (C=O) groups is 2. The zero-order valence-electron chi connectivity index (χ0n) is 16.8. The van der Waals surface area contributed by atoms with E-state index in [0.29, 0.717) is 11.5 Å². The second-order valence-electron chi connectivity index (χ2n) is 6.65. The minimum atomic E-state index is -3.99. The summed E-state index contributed by atoms with van der Waals surface area (Å²) in [7, 11) is -3.99. The van der Waals surface area contributed by atoms with Crippen molar-refractivity contribution in [1.29, 1.82) is 0 Å². The van der Waals surface area contributed by atoms with Crippen molar-refractivity contribution in [3.63, 3.8) is 0 Å². The molecule has 3 aromatic rings. The lowest BCUT2D eigenvalue weighted by Gasteiger charge is -2.14. The molecule has 0 spiro atoms. The molecule has 0 aliphatic heterocycles. The van der Waals surface area contributed by atoms with E-state index in [1.165, 1.54) is 24.3 Å². The summed E-state index contributed by atoms with van der Waals surface area (Å²) in [6, 6.07) is 19.3. The van der Waals surface area contributed by atoms with E-state index in [1.54, 1.807) is 48.5 Å². The van der Waals surface area contributed by atoms with Gasteiger partial charge in [0.05, 0.1) is 17.2 Å². The minimum Gasteiger partial charge on any atom is -0.455 e. The van der Waals surface area contributed by atoms with Crippen LogP contribution in [0.1, 0.15) is 10.4 Å². The Hall–Kier alpha value is -3.89. The molecule has 0 saturated carbocycles. The molecular formula is C22H21N3O6S. The fourth-order valence-electron chi connectivity index (χ4n) is 2.69. The number of hydrogen-bond donors (Lipinski definition) is 4. The molecule has 3 aromatic carbocycles. The van der Waals surface area contributed by atoms with E-state index >= 15 is 0 Å². The highest BCUT2D eigenvalue weighted by atomic mass is 32.2. The van der Waals surface area contributed by atoms with Crippen molar-refractivity contribution in [2.45, 2.75) is 10.9 Å². The summed E-state index contributed by atoms with van der Waals surface area (Å²) in [4.78, 5) is 23.2. The Kier molecular flexibility index (Phi) is 7.08. The molecule has 0 saturated heterocycles. The highest BCUT2D eigenvalue weighted by molar-refractivity contribution is 7.92. The monoisotopic (exact) mass is 455 g/mol. The van der Waals surface area contributed by atoms with Crippen LogP contribution in [0.25, 0.3) is 0 Å². The topological polar surface area (TPSA) is 148 Å². The molecule has 0 unspecified atom stereocenters. The van der Waals surface area contributed by atoms with E-state index in [1.807, 2.05) is 6.07 Å². The van der Waals surface area contributed by atoms with Crippen molar-refractivity contribution in [3.8, 4) is 11.5 Å². The van der Waals surface area contributed by atoms with Crippen molar-refractivity contribution in [1.82, 2.24) is 5.32 Å². The van der Waals surface area contributed by atoms with Crippen molar-refractivity contribution in [2.75, 3.05) is 11.3 Å². The van der Waals surface area contributed by atoms with Gasteiger partial charge in [0, 0.05) is 5.56 Å². The second kappa shape index (κ2) is 9.94. The van der Waals surface area contributed by atoms with Crippen LogP contribution < -0.4 is 20.5 Å². The van der Waals surface area contributed by atoms with E-state index in [2.05, 4.69) is 10.0 Å². The van der Waals surface area contributed by atoms with Crippen LogP contribution in [0, 0.1) is 0 Å². The van der Waals surface area contributed by atoms with Crippen LogP contribution in [0.15, 0.2) is 83.8 Å². The maximum atomic E-state index is 12.8. The second-order valence-corrected chi connectivity index (χ2v) is 8.33. The molecule has 5 N–H and O–H groups in total. The van der Waals surface area contributed by atoms with Gasteiger partial charge in [0.15, 0.2) is 5.75 Å². The molecule has 0 bridgehead atoms. The SMILES string of the molecule is NC(=O)[C@H](CO)NC(=O)c1ccc(S(=O)(=O)Nc2ccccc2Oc2ccccc2)cc1. The largest absolute Gasteiger partial charge is 0.455 e. The van der Waals surface area contributed by atoms with Gasteiger partial charge in [-0.2, -0.15) is 0 Å². The van der Waals surface area contributed by atoms with Gasteiger partial charge >= 0.3 is 0 Å². The predicted molar refractivity (Wildman–Crippen MR) is 118 cm³/mol. The van der Waals surface area contributed by atoms with E-state index in [9.17, 15) is 18.0 Å². The van der Waals surface area contributed by atoms with Gasteiger partial charge in [-0.05, 0) is 48.5 Å². The van der Waals surface area contributed by atoms with Gasteiger partial charge in [0.25, 0.3) is 15.9 Å². The van der Waals surface area contributed by atoms with Crippen molar-refractivity contribution < 1.29 is 27.9 Å². The number of primary amides is 1. The molecule has 9 nitrogen and oxygen atoms in total. The average Bonchev–Trinajstić information content (AvgIpc) is 2.79. The normalized spacial score (nSPS) is 11.9. The average molecular weight is 455 g/mol. The summed E-state index contributed by atoms with van der Waals surface area (Å²) in [5.74, 6) is -0.701. The molecule has 0 aromatic heterocycles. The molecule has 32 heavy (non-hydrogen) atoms. The predicted octanol–water partition coefficient (Wildman–Crippen LogP) is 1.86. The zero-order valence-corrected chi connectivity index (χ0v) is 17.6. The van der Waals surface area contributed by atoms with Gasteiger partial charge in [-0.25, -0.2) is 8.42 Å². The molecular weight excluding hydrogens is 434 g/mol. The van der Waals surface area contributed by atoms with Crippen LogP contribution in [0.2, 0.25) is 0 Å². The fraction of sp³-hybridized carbons (Fsp3) is 0.0909. The number of anilines is 1. The summed E-state index contributed by atoms with van der Waals surface area (Å²) >= 11 is 0. The molecule has 0 aliphatic carbocycles. The van der Waals surface area contributed by atoms with E-state index in [-0.39, 0.29) is 16.1 Å². The number of amides is 2. The van der Waals surface area contributed by atoms with Gasteiger partial charge in [-0.1, -0.05) is 30.3 Å². The Morgan fingerprint density at radius 1 is 0.938 bits per heavy atom. The van der Waals surface area contributed by atoms with Crippen molar-refractivity contribution >= 4 is 27.5 Å². The molecule has 0 aliphatic rings. The van der Waals surface area contributed by atoms with Crippen LogP contribution in [0.3, 0.4) is 0 Å². The number of hydrogen-bond acceptors (Lipinski definition) is 6. The lowest BCUT2D eigenvalue weighted by molar-refractivity contribution is -0.120. The molecule has 2 amide bonds. The molecule has 10 heteroatoms. The first-order valence-corrected chi connectivity index (χ1v) is 10.9. The van der Waals surface area contributed by atoms with E-state index < -0.39 is 34.5 Å². The number of nitrogens with two attached hydrogens (primary N) is 1. The van der Waals surface area contributed by atoms with Gasteiger partial charge in [-0.15, -0.1) is 0 Å². The van der Waals surface area contributed by atoms with Gasteiger partial charge in [0.2, 0.25) is 5.91 Å². The van der Waals surface area contributed by atoms with Crippen LogP contribution in [0.4, 0.5) is 5.69 Å². The lowest BCUT2D eigenvalue weighted by atomic mass is 10.2. The van der Waals surface area contributed by atoms with Gasteiger partial charge < -0.3 is 20.9 Å². The molecule has 0 fully saturated rings. The summed E-state index contributed by atoms with van der Waals surface area (Å²) in [5, 5.41) is 11.4. The number of carbonyl (C=O) groups excluding carboxylic acids is 2. The number of sulfonamides is 1. The van der Waals surface area contributed by atoms with Gasteiger partial charge in [0.1, 0.15) is 11.8 Å². The number of aliphatic hydroxyl groups is 1. The number of rotatable bonds is 9. The van der Waals surface area contributed by atoms with Crippen LogP contribution in [0.5, 0.6) is 11.5 Å².